The third kappa shape index (κ3) is 4.58. The summed E-state index contributed by atoms with van der Waals surface area (Å²) in [6.07, 6.45) is 6.80. The fourth-order valence-corrected chi connectivity index (χ4v) is 5.77. The van der Waals surface area contributed by atoms with Gasteiger partial charge in [-0.25, -0.2) is 0 Å². The molecule has 1 aromatic heterocycles. The molecule has 7 nitrogen and oxygen atoms in total. The van der Waals surface area contributed by atoms with E-state index in [1.54, 1.807) is 20.1 Å². The maximum Gasteiger partial charge on any atom is 0.204 e. The van der Waals surface area contributed by atoms with Crippen LogP contribution in [0.4, 0.5) is 0 Å². The molecule has 0 saturated carbocycles. The molecule has 2 aliphatic rings. The van der Waals surface area contributed by atoms with Crippen molar-refractivity contribution in [3.63, 3.8) is 0 Å². The van der Waals surface area contributed by atoms with Crippen molar-refractivity contribution in [3.8, 4) is 28.4 Å². The molecule has 36 heavy (non-hydrogen) atoms. The highest BCUT2D eigenvalue weighted by molar-refractivity contribution is 5.93. The number of phenolic OH excluding ortho intramolecular Hbond substituents is 2. The second kappa shape index (κ2) is 10.5. The summed E-state index contributed by atoms with van der Waals surface area (Å²) in [6, 6.07) is 7.33. The molecule has 0 spiro atoms. The van der Waals surface area contributed by atoms with Gasteiger partial charge in [-0.1, -0.05) is 31.0 Å². The van der Waals surface area contributed by atoms with E-state index in [9.17, 15) is 15.0 Å². The van der Waals surface area contributed by atoms with Crippen molar-refractivity contribution in [2.24, 2.45) is 0 Å². The van der Waals surface area contributed by atoms with Crippen LogP contribution >= 0.6 is 0 Å². The van der Waals surface area contributed by atoms with Crippen LogP contribution in [0.1, 0.15) is 55.4 Å². The lowest BCUT2D eigenvalue weighted by Crippen LogP contribution is -2.30. The molecule has 2 aliphatic heterocycles. The number of fused-ring (bicyclic) bond motifs is 1. The Balaban J connectivity index is 1.73. The van der Waals surface area contributed by atoms with Crippen LogP contribution in [0.2, 0.25) is 0 Å². The number of hydrogen-bond acceptors (Lipinski definition) is 7. The minimum atomic E-state index is -0.310. The van der Waals surface area contributed by atoms with Gasteiger partial charge in [-0.2, -0.15) is 0 Å². The summed E-state index contributed by atoms with van der Waals surface area (Å²) >= 11 is 0. The minimum Gasteiger partial charge on any atom is -0.507 e. The first-order valence-corrected chi connectivity index (χ1v) is 13.1. The summed E-state index contributed by atoms with van der Waals surface area (Å²) in [7, 11) is 1.57. The summed E-state index contributed by atoms with van der Waals surface area (Å²) in [6.45, 7) is 6.32. The number of piperidine rings is 2. The number of aromatic hydroxyl groups is 2. The van der Waals surface area contributed by atoms with Crippen LogP contribution < -0.4 is 10.2 Å². The van der Waals surface area contributed by atoms with Gasteiger partial charge in [-0.05, 0) is 64.9 Å². The molecule has 0 bridgehead atoms. The van der Waals surface area contributed by atoms with Crippen LogP contribution in [-0.2, 0) is 13.1 Å². The number of likely N-dealkylation sites (tertiary alicyclic amines) is 2. The Bertz CT molecular complexity index is 1300. The van der Waals surface area contributed by atoms with Crippen molar-refractivity contribution in [1.82, 2.24) is 9.80 Å². The number of rotatable bonds is 6. The normalized spacial score (nSPS) is 17.5. The zero-order chi connectivity index (χ0) is 25.2. The minimum absolute atomic E-state index is 0.0451. The van der Waals surface area contributed by atoms with Gasteiger partial charge in [0.25, 0.3) is 0 Å². The lowest BCUT2D eigenvalue weighted by molar-refractivity contribution is 0.211. The van der Waals surface area contributed by atoms with Crippen LogP contribution in [0, 0.1) is 6.92 Å². The van der Waals surface area contributed by atoms with Crippen molar-refractivity contribution in [2.75, 3.05) is 33.3 Å². The third-order valence-electron chi connectivity index (χ3n) is 7.69. The van der Waals surface area contributed by atoms with E-state index in [2.05, 4.69) is 9.80 Å². The Morgan fingerprint density at radius 3 is 2.06 bits per heavy atom. The lowest BCUT2D eigenvalue weighted by atomic mass is 9.96. The lowest BCUT2D eigenvalue weighted by Gasteiger charge is -2.29. The summed E-state index contributed by atoms with van der Waals surface area (Å²) in [4.78, 5) is 18.6. The highest BCUT2D eigenvalue weighted by Gasteiger charge is 2.28. The summed E-state index contributed by atoms with van der Waals surface area (Å²) < 4.78 is 11.8. The second-order valence-electron chi connectivity index (χ2n) is 10.1. The molecular weight excluding hydrogens is 456 g/mol. The topological polar surface area (TPSA) is 86.4 Å². The SMILES string of the molecule is COc1ccccc1-c1c(C)oc2c(CN3CCCCC3)c(O)c(CN3CCCCC3)c(O)c2c1=O. The molecule has 0 aliphatic carbocycles. The van der Waals surface area contributed by atoms with Crippen molar-refractivity contribution in [1.29, 1.82) is 0 Å². The molecule has 0 unspecified atom stereocenters. The van der Waals surface area contributed by atoms with E-state index in [0.29, 0.717) is 46.9 Å². The fourth-order valence-electron chi connectivity index (χ4n) is 5.77. The first-order chi connectivity index (χ1) is 17.5. The number of aryl methyl sites for hydroxylation is 1. The van der Waals surface area contributed by atoms with E-state index in [1.165, 1.54) is 12.8 Å². The molecule has 0 radical (unpaired) electrons. The highest BCUT2D eigenvalue weighted by atomic mass is 16.5. The van der Waals surface area contributed by atoms with Gasteiger partial charge in [0.15, 0.2) is 0 Å². The van der Waals surface area contributed by atoms with Gasteiger partial charge in [-0.3, -0.25) is 14.6 Å². The van der Waals surface area contributed by atoms with Crippen LogP contribution in [0.15, 0.2) is 33.5 Å². The van der Waals surface area contributed by atoms with Gasteiger partial charge in [0.2, 0.25) is 5.43 Å². The predicted molar refractivity (Wildman–Crippen MR) is 141 cm³/mol. The number of nitrogens with zero attached hydrogens (tertiary/aromatic N) is 2. The number of phenols is 2. The summed E-state index contributed by atoms with van der Waals surface area (Å²) in [5.74, 6) is 0.858. The van der Waals surface area contributed by atoms with Crippen molar-refractivity contribution in [3.05, 3.63) is 51.4 Å². The molecule has 0 atom stereocenters. The number of methoxy groups -OCH3 is 1. The summed E-state index contributed by atoms with van der Waals surface area (Å²) in [5.41, 5.74) is 1.96. The monoisotopic (exact) mass is 492 g/mol. The van der Waals surface area contributed by atoms with Crippen molar-refractivity contribution in [2.45, 2.75) is 58.5 Å². The zero-order valence-corrected chi connectivity index (χ0v) is 21.3. The number of hydrogen-bond donors (Lipinski definition) is 2. The van der Waals surface area contributed by atoms with Crippen molar-refractivity contribution < 1.29 is 19.4 Å². The largest absolute Gasteiger partial charge is 0.507 e. The van der Waals surface area contributed by atoms with Gasteiger partial charge in [0.1, 0.15) is 34.0 Å². The molecule has 2 fully saturated rings. The van der Waals surface area contributed by atoms with Gasteiger partial charge < -0.3 is 19.4 Å². The molecule has 5 rings (SSSR count). The molecule has 2 aromatic carbocycles. The molecular formula is C29H36N2O5. The maximum absolute atomic E-state index is 14.1. The van der Waals surface area contributed by atoms with Gasteiger partial charge in [-0.15, -0.1) is 0 Å². The highest BCUT2D eigenvalue weighted by Crippen LogP contribution is 2.42. The first-order valence-electron chi connectivity index (χ1n) is 13.1. The van der Waals surface area contributed by atoms with Crippen LogP contribution in [0.5, 0.6) is 17.2 Å². The van der Waals surface area contributed by atoms with Gasteiger partial charge in [0, 0.05) is 18.7 Å². The fraction of sp³-hybridized carbons (Fsp3) is 0.483. The van der Waals surface area contributed by atoms with E-state index >= 15 is 0 Å². The van der Waals surface area contributed by atoms with E-state index in [0.717, 1.165) is 51.9 Å². The molecule has 3 heterocycles. The van der Waals surface area contributed by atoms with E-state index in [-0.39, 0.29) is 27.9 Å². The Labute approximate surface area is 211 Å². The Hall–Kier alpha value is -3.03. The van der Waals surface area contributed by atoms with E-state index < -0.39 is 0 Å². The van der Waals surface area contributed by atoms with E-state index in [4.69, 9.17) is 9.15 Å². The second-order valence-corrected chi connectivity index (χ2v) is 10.1. The average molecular weight is 493 g/mol. The zero-order valence-electron chi connectivity index (χ0n) is 21.3. The van der Waals surface area contributed by atoms with Crippen LogP contribution in [0.25, 0.3) is 22.1 Å². The number of benzene rings is 2. The van der Waals surface area contributed by atoms with Gasteiger partial charge >= 0.3 is 0 Å². The molecule has 7 heteroatoms. The number of ether oxygens (including phenoxy) is 1. The molecule has 0 amide bonds. The Morgan fingerprint density at radius 2 is 1.44 bits per heavy atom. The summed E-state index contributed by atoms with van der Waals surface area (Å²) in [5, 5.41) is 23.1. The third-order valence-corrected chi connectivity index (χ3v) is 7.69. The molecule has 2 N–H and O–H groups in total. The van der Waals surface area contributed by atoms with E-state index in [1.807, 2.05) is 18.2 Å². The Kier molecular flexibility index (Phi) is 7.21. The molecule has 2 saturated heterocycles. The quantitative estimate of drug-likeness (QED) is 0.492. The first kappa shape index (κ1) is 24.7. The molecule has 3 aromatic rings. The number of para-hydroxylation sites is 1. The molecule has 192 valence electrons. The predicted octanol–water partition coefficient (Wildman–Crippen LogP) is 5.16. The van der Waals surface area contributed by atoms with Crippen LogP contribution in [0.3, 0.4) is 0 Å². The smallest absolute Gasteiger partial charge is 0.204 e. The van der Waals surface area contributed by atoms with Gasteiger partial charge in [0.05, 0.1) is 23.8 Å². The average Bonchev–Trinajstić information content (AvgIpc) is 2.90. The standard InChI is InChI=1S/C29H36N2O5/c1-19-24(20-11-5-6-12-23(20)35-2)28(34)25-27(33)21(17-30-13-7-3-8-14-30)26(32)22(29(25)36-19)18-31-15-9-4-10-16-31/h5-6,11-12,32-33H,3-4,7-10,13-18H2,1-2H3. The van der Waals surface area contributed by atoms with Crippen molar-refractivity contribution >= 4 is 11.0 Å². The Morgan fingerprint density at radius 1 is 0.861 bits per heavy atom. The maximum atomic E-state index is 14.1. The van der Waals surface area contributed by atoms with Crippen LogP contribution in [-0.4, -0.2) is 53.3 Å².